The molecule has 0 atom stereocenters. The van der Waals surface area contributed by atoms with Crippen LogP contribution in [0, 0.1) is 21.4 Å². The number of nitrogens with zero attached hydrogens (tertiary/aromatic N) is 2. The summed E-state index contributed by atoms with van der Waals surface area (Å²) in [5, 5.41) is 19.4. The Morgan fingerprint density at radius 2 is 1.92 bits per heavy atom. The maximum Gasteiger partial charge on any atom is 0.336 e. The first-order valence-electron chi connectivity index (χ1n) is 6.76. The molecule has 0 spiro atoms. The summed E-state index contributed by atoms with van der Waals surface area (Å²) in [7, 11) is 1.40. The van der Waals surface area contributed by atoms with E-state index >= 15 is 0 Å². The van der Waals surface area contributed by atoms with Crippen molar-refractivity contribution in [3.8, 4) is 17.6 Å². The molecule has 0 fully saturated rings. The van der Waals surface area contributed by atoms with Gasteiger partial charge >= 0.3 is 5.97 Å². The van der Waals surface area contributed by atoms with Crippen LogP contribution < -0.4 is 9.47 Å². The minimum atomic E-state index is -0.642. The molecule has 0 heterocycles. The van der Waals surface area contributed by atoms with E-state index in [4.69, 9.17) is 14.7 Å². The lowest BCUT2D eigenvalue weighted by molar-refractivity contribution is -0.384. The van der Waals surface area contributed by atoms with E-state index in [0.29, 0.717) is 11.1 Å². The molecular weight excluding hydrogens is 312 g/mol. The fourth-order valence-electron chi connectivity index (χ4n) is 1.84. The van der Waals surface area contributed by atoms with E-state index in [0.717, 1.165) is 0 Å². The van der Waals surface area contributed by atoms with Crippen LogP contribution in [0.2, 0.25) is 0 Å². The van der Waals surface area contributed by atoms with Gasteiger partial charge < -0.3 is 9.47 Å². The predicted octanol–water partition coefficient (Wildman–Crippen LogP) is 3.09. The van der Waals surface area contributed by atoms with Crippen molar-refractivity contribution in [3.63, 3.8) is 0 Å². The number of nitriles is 1. The molecule has 120 valence electrons. The highest BCUT2D eigenvalue weighted by molar-refractivity contribution is 5.89. The smallest absolute Gasteiger partial charge is 0.336 e. The van der Waals surface area contributed by atoms with Gasteiger partial charge in [0, 0.05) is 24.3 Å². The fraction of sp³-hybridized carbons (Fsp3) is 0.0588. The molecule has 7 heteroatoms. The lowest BCUT2D eigenvalue weighted by Gasteiger charge is -2.07. The molecule has 7 nitrogen and oxygen atoms in total. The zero-order valence-corrected chi connectivity index (χ0v) is 12.6. The molecule has 0 unspecified atom stereocenters. The number of nitro groups is 1. The zero-order chi connectivity index (χ0) is 17.5. The number of carbonyl (C=O) groups is 1. The fourth-order valence-corrected chi connectivity index (χ4v) is 1.84. The van der Waals surface area contributed by atoms with Crippen LogP contribution in [-0.2, 0) is 4.79 Å². The quantitative estimate of drug-likeness (QED) is 0.275. The molecule has 2 aromatic rings. The van der Waals surface area contributed by atoms with E-state index in [1.807, 2.05) is 6.07 Å². The van der Waals surface area contributed by atoms with Crippen LogP contribution >= 0.6 is 0 Å². The molecule has 2 aromatic carbocycles. The minimum absolute atomic E-state index is 0.0305. The van der Waals surface area contributed by atoms with Crippen molar-refractivity contribution in [1.29, 1.82) is 5.26 Å². The molecule has 0 amide bonds. The number of esters is 1. The van der Waals surface area contributed by atoms with Gasteiger partial charge in [-0.2, -0.15) is 5.26 Å². The van der Waals surface area contributed by atoms with Gasteiger partial charge in [0.25, 0.3) is 5.69 Å². The van der Waals surface area contributed by atoms with Gasteiger partial charge in [-0.15, -0.1) is 0 Å². The summed E-state index contributed by atoms with van der Waals surface area (Å²) >= 11 is 0. The average Bonchev–Trinajstić information content (AvgIpc) is 2.60. The number of hydrogen-bond acceptors (Lipinski definition) is 6. The standard InChI is InChI=1S/C17H12N2O5/c1-23-16-10-13(11-18)4-8-15(16)24-17(20)9-5-12-2-6-14(7-3-12)19(21)22/h2-10H,1H3/b9-5+. The summed E-state index contributed by atoms with van der Waals surface area (Å²) in [6, 6.07) is 12.1. The summed E-state index contributed by atoms with van der Waals surface area (Å²) < 4.78 is 10.2. The third-order valence-corrected chi connectivity index (χ3v) is 3.02. The molecule has 0 saturated carbocycles. The van der Waals surface area contributed by atoms with Gasteiger partial charge in [-0.05, 0) is 35.9 Å². The molecule has 0 aliphatic rings. The largest absolute Gasteiger partial charge is 0.493 e. The van der Waals surface area contributed by atoms with Crippen LogP contribution in [0.1, 0.15) is 11.1 Å². The molecule has 0 aliphatic carbocycles. The van der Waals surface area contributed by atoms with E-state index in [9.17, 15) is 14.9 Å². The van der Waals surface area contributed by atoms with Gasteiger partial charge in [0.05, 0.1) is 23.7 Å². The molecule has 0 N–H and O–H groups in total. The van der Waals surface area contributed by atoms with Gasteiger partial charge in [-0.25, -0.2) is 4.79 Å². The maximum atomic E-state index is 11.8. The first kappa shape index (κ1) is 16.7. The Labute approximate surface area is 137 Å². The van der Waals surface area contributed by atoms with Crippen LogP contribution in [0.3, 0.4) is 0 Å². The summed E-state index contributed by atoms with van der Waals surface area (Å²) in [5.74, 6) is -0.183. The number of benzene rings is 2. The van der Waals surface area contributed by atoms with Gasteiger partial charge in [-0.1, -0.05) is 0 Å². The Morgan fingerprint density at radius 1 is 1.21 bits per heavy atom. The van der Waals surface area contributed by atoms with Crippen molar-refractivity contribution in [2.24, 2.45) is 0 Å². The number of carbonyl (C=O) groups excluding carboxylic acids is 1. The predicted molar refractivity (Wildman–Crippen MR) is 85.5 cm³/mol. The third kappa shape index (κ3) is 4.18. The molecule has 0 saturated heterocycles. The monoisotopic (exact) mass is 324 g/mol. The number of nitro benzene ring substituents is 1. The van der Waals surface area contributed by atoms with Crippen molar-refractivity contribution < 1.29 is 19.2 Å². The number of ether oxygens (including phenoxy) is 2. The second-order valence-corrected chi connectivity index (χ2v) is 4.58. The Hall–Kier alpha value is -3.66. The Kier molecular flexibility index (Phi) is 5.26. The van der Waals surface area contributed by atoms with Crippen LogP contribution in [0.5, 0.6) is 11.5 Å². The number of methoxy groups -OCH3 is 1. The molecule has 24 heavy (non-hydrogen) atoms. The van der Waals surface area contributed by atoms with Crippen molar-refractivity contribution in [3.05, 3.63) is 69.8 Å². The maximum absolute atomic E-state index is 11.8. The van der Waals surface area contributed by atoms with Crippen molar-refractivity contribution in [1.82, 2.24) is 0 Å². The van der Waals surface area contributed by atoms with E-state index in [1.54, 1.807) is 0 Å². The highest BCUT2D eigenvalue weighted by Gasteiger charge is 2.09. The van der Waals surface area contributed by atoms with Crippen LogP contribution in [-0.4, -0.2) is 18.0 Å². The topological polar surface area (TPSA) is 102 Å². The molecule has 0 aliphatic heterocycles. The molecule has 0 radical (unpaired) electrons. The highest BCUT2D eigenvalue weighted by atomic mass is 16.6. The SMILES string of the molecule is COc1cc(C#N)ccc1OC(=O)/C=C/c1ccc([N+](=O)[O-])cc1. The van der Waals surface area contributed by atoms with Crippen LogP contribution in [0.4, 0.5) is 5.69 Å². The Morgan fingerprint density at radius 3 is 2.50 bits per heavy atom. The zero-order valence-electron chi connectivity index (χ0n) is 12.6. The number of rotatable bonds is 5. The van der Waals surface area contributed by atoms with Crippen LogP contribution in [0.15, 0.2) is 48.5 Å². The van der Waals surface area contributed by atoms with Crippen molar-refractivity contribution in [2.75, 3.05) is 7.11 Å². The first-order chi connectivity index (χ1) is 11.5. The van der Waals surface area contributed by atoms with E-state index in [2.05, 4.69) is 0 Å². The van der Waals surface area contributed by atoms with Gasteiger partial charge in [0.15, 0.2) is 11.5 Å². The molecular formula is C17H12N2O5. The van der Waals surface area contributed by atoms with Gasteiger partial charge in [0.1, 0.15) is 0 Å². The summed E-state index contributed by atoms with van der Waals surface area (Å²) in [5.41, 5.74) is 0.967. The third-order valence-electron chi connectivity index (χ3n) is 3.02. The lowest BCUT2D eigenvalue weighted by atomic mass is 10.2. The highest BCUT2D eigenvalue weighted by Crippen LogP contribution is 2.28. The van der Waals surface area contributed by atoms with E-state index < -0.39 is 10.9 Å². The first-order valence-corrected chi connectivity index (χ1v) is 6.76. The minimum Gasteiger partial charge on any atom is -0.493 e. The Balaban J connectivity index is 2.08. The molecule has 0 aromatic heterocycles. The Bertz CT molecular complexity index is 835. The van der Waals surface area contributed by atoms with Crippen LogP contribution in [0.25, 0.3) is 6.08 Å². The van der Waals surface area contributed by atoms with Crippen molar-refractivity contribution in [2.45, 2.75) is 0 Å². The summed E-state index contributed by atoms with van der Waals surface area (Å²) in [4.78, 5) is 21.9. The second kappa shape index (κ2) is 7.56. The summed E-state index contributed by atoms with van der Waals surface area (Å²) in [6.07, 6.45) is 2.67. The van der Waals surface area contributed by atoms with Gasteiger partial charge in [-0.3, -0.25) is 10.1 Å². The number of non-ortho nitro benzene ring substituents is 1. The van der Waals surface area contributed by atoms with E-state index in [-0.39, 0.29) is 17.2 Å². The van der Waals surface area contributed by atoms with Crippen molar-refractivity contribution >= 4 is 17.7 Å². The summed E-state index contributed by atoms with van der Waals surface area (Å²) in [6.45, 7) is 0. The lowest BCUT2D eigenvalue weighted by Crippen LogP contribution is -2.05. The number of hydrogen-bond donors (Lipinski definition) is 0. The van der Waals surface area contributed by atoms with E-state index in [1.165, 1.54) is 61.7 Å². The average molecular weight is 324 g/mol. The van der Waals surface area contributed by atoms with Gasteiger partial charge in [0.2, 0.25) is 0 Å². The normalized spacial score (nSPS) is 10.2. The second-order valence-electron chi connectivity index (χ2n) is 4.58. The molecule has 2 rings (SSSR count). The molecule has 0 bridgehead atoms.